The zero-order valence-electron chi connectivity index (χ0n) is 15.6. The topological polar surface area (TPSA) is 134 Å². The Labute approximate surface area is 157 Å². The lowest BCUT2D eigenvalue weighted by Crippen LogP contribution is -2.55. The average Bonchev–Trinajstić information content (AvgIpc) is 2.56. The maximum absolute atomic E-state index is 12.0. The van der Waals surface area contributed by atoms with Crippen molar-refractivity contribution in [1.82, 2.24) is 10.6 Å². The van der Waals surface area contributed by atoms with Crippen LogP contribution in [0, 0.1) is 0 Å². The molecule has 0 aliphatic heterocycles. The smallest absolute Gasteiger partial charge is 0.408 e. The van der Waals surface area contributed by atoms with E-state index in [0.717, 1.165) is 5.56 Å². The van der Waals surface area contributed by atoms with Gasteiger partial charge in [-0.1, -0.05) is 30.3 Å². The summed E-state index contributed by atoms with van der Waals surface area (Å²) in [6.07, 6.45) is -2.23. The van der Waals surface area contributed by atoms with Crippen LogP contribution in [-0.2, 0) is 20.9 Å². The molecule has 4 N–H and O–H groups in total. The van der Waals surface area contributed by atoms with Crippen molar-refractivity contribution < 1.29 is 34.1 Å². The molecule has 0 saturated heterocycles. The van der Waals surface area contributed by atoms with E-state index in [1.54, 1.807) is 45.0 Å². The molecule has 27 heavy (non-hydrogen) atoms. The van der Waals surface area contributed by atoms with E-state index < -0.39 is 48.9 Å². The number of carbonyl (C=O) groups excluding carboxylic acids is 2. The highest BCUT2D eigenvalue weighted by molar-refractivity contribution is 5.72. The maximum atomic E-state index is 12.0. The minimum atomic E-state index is -1.22. The second-order valence-corrected chi connectivity index (χ2v) is 6.85. The van der Waals surface area contributed by atoms with Gasteiger partial charge >= 0.3 is 18.2 Å². The van der Waals surface area contributed by atoms with Gasteiger partial charge in [0.2, 0.25) is 0 Å². The number of nitrogens with one attached hydrogen (secondary N) is 2. The molecule has 0 radical (unpaired) electrons. The summed E-state index contributed by atoms with van der Waals surface area (Å²) in [5.74, 6) is -1.22. The lowest BCUT2D eigenvalue weighted by Gasteiger charge is -2.27. The standard InChI is InChI=1S/C18H26N2O7/c1-18(2,3)27-17(25)20-14(10-21)13(9-15(22)23)19-16(24)26-11-12-7-5-4-6-8-12/h4-8,13-14,21H,9-11H2,1-3H3,(H,19,24)(H,20,25)(H,22,23)/t13-,14+/m0/s1. The molecule has 0 bridgehead atoms. The molecule has 0 heterocycles. The summed E-state index contributed by atoms with van der Waals surface area (Å²) in [7, 11) is 0. The molecule has 2 atom stereocenters. The van der Waals surface area contributed by atoms with Crippen LogP contribution in [0.5, 0.6) is 0 Å². The molecule has 0 spiro atoms. The van der Waals surface area contributed by atoms with Crippen LogP contribution in [0.1, 0.15) is 32.8 Å². The van der Waals surface area contributed by atoms with Crippen LogP contribution in [0.25, 0.3) is 0 Å². The third kappa shape index (κ3) is 9.45. The first-order valence-corrected chi connectivity index (χ1v) is 8.40. The van der Waals surface area contributed by atoms with Crippen molar-refractivity contribution in [2.24, 2.45) is 0 Å². The predicted octanol–water partition coefficient (Wildman–Crippen LogP) is 1.64. The molecule has 2 amide bonds. The molecule has 0 fully saturated rings. The Hall–Kier alpha value is -2.81. The second kappa shape index (κ2) is 10.4. The molecule has 0 aliphatic carbocycles. The van der Waals surface area contributed by atoms with Gasteiger partial charge in [0.15, 0.2) is 0 Å². The zero-order chi connectivity index (χ0) is 20.4. The van der Waals surface area contributed by atoms with Crippen molar-refractivity contribution in [3.8, 4) is 0 Å². The number of ether oxygens (including phenoxy) is 2. The summed E-state index contributed by atoms with van der Waals surface area (Å²) in [5.41, 5.74) is -0.0120. The Balaban J connectivity index is 2.69. The molecule has 1 aromatic carbocycles. The van der Waals surface area contributed by atoms with E-state index in [1.807, 2.05) is 6.07 Å². The molecule has 1 aromatic rings. The number of rotatable bonds is 8. The van der Waals surface area contributed by atoms with Gasteiger partial charge in [0.1, 0.15) is 12.2 Å². The van der Waals surface area contributed by atoms with Gasteiger partial charge in [-0.15, -0.1) is 0 Å². The molecule has 1 rings (SSSR count). The molecule has 0 unspecified atom stereocenters. The third-order valence-corrected chi connectivity index (χ3v) is 3.30. The summed E-state index contributed by atoms with van der Waals surface area (Å²) < 4.78 is 10.1. The van der Waals surface area contributed by atoms with Crippen LogP contribution in [0.15, 0.2) is 30.3 Å². The molecule has 9 nitrogen and oxygen atoms in total. The Kier molecular flexibility index (Phi) is 8.53. The number of aliphatic hydroxyl groups is 1. The minimum Gasteiger partial charge on any atom is -0.481 e. The number of aliphatic hydroxyl groups excluding tert-OH is 1. The van der Waals surface area contributed by atoms with Gasteiger partial charge in [0.25, 0.3) is 0 Å². The first-order chi connectivity index (χ1) is 12.6. The van der Waals surface area contributed by atoms with Gasteiger partial charge < -0.3 is 30.3 Å². The largest absolute Gasteiger partial charge is 0.481 e. The van der Waals surface area contributed by atoms with Crippen molar-refractivity contribution in [1.29, 1.82) is 0 Å². The van der Waals surface area contributed by atoms with Crippen LogP contribution in [0.4, 0.5) is 9.59 Å². The first-order valence-electron chi connectivity index (χ1n) is 8.40. The third-order valence-electron chi connectivity index (χ3n) is 3.30. The number of hydrogen-bond acceptors (Lipinski definition) is 6. The highest BCUT2D eigenvalue weighted by Gasteiger charge is 2.29. The number of benzene rings is 1. The van der Waals surface area contributed by atoms with Crippen LogP contribution < -0.4 is 10.6 Å². The van der Waals surface area contributed by atoms with Crippen molar-refractivity contribution in [3.63, 3.8) is 0 Å². The number of carboxylic acid groups (broad SMARTS) is 1. The number of amides is 2. The molecule has 0 aliphatic rings. The number of hydrogen-bond donors (Lipinski definition) is 4. The van der Waals surface area contributed by atoms with Gasteiger partial charge in [-0.25, -0.2) is 9.59 Å². The molecule has 0 aromatic heterocycles. The molecular formula is C18H26N2O7. The van der Waals surface area contributed by atoms with Crippen LogP contribution in [0.2, 0.25) is 0 Å². The number of carboxylic acids is 1. The first kappa shape index (κ1) is 22.2. The van der Waals surface area contributed by atoms with E-state index in [-0.39, 0.29) is 6.61 Å². The number of aliphatic carboxylic acids is 1. The second-order valence-electron chi connectivity index (χ2n) is 6.85. The van der Waals surface area contributed by atoms with E-state index >= 15 is 0 Å². The summed E-state index contributed by atoms with van der Waals surface area (Å²) in [5, 5.41) is 23.3. The summed E-state index contributed by atoms with van der Waals surface area (Å²) >= 11 is 0. The number of carbonyl (C=O) groups is 3. The molecule has 0 saturated carbocycles. The van der Waals surface area contributed by atoms with Crippen molar-refractivity contribution in [2.75, 3.05) is 6.61 Å². The van der Waals surface area contributed by atoms with Crippen molar-refractivity contribution in [2.45, 2.75) is 51.5 Å². The maximum Gasteiger partial charge on any atom is 0.408 e. The summed E-state index contributed by atoms with van der Waals surface area (Å²) in [4.78, 5) is 35.0. The Morgan fingerprint density at radius 2 is 1.63 bits per heavy atom. The van der Waals surface area contributed by atoms with E-state index in [4.69, 9.17) is 14.6 Å². The zero-order valence-corrected chi connectivity index (χ0v) is 15.6. The SMILES string of the molecule is CC(C)(C)OC(=O)N[C@H](CO)[C@H](CC(=O)O)NC(=O)OCc1ccccc1. The van der Waals surface area contributed by atoms with Gasteiger partial charge in [0, 0.05) is 0 Å². The van der Waals surface area contributed by atoms with Crippen LogP contribution in [0.3, 0.4) is 0 Å². The summed E-state index contributed by atoms with van der Waals surface area (Å²) in [6, 6.07) is 6.77. The van der Waals surface area contributed by atoms with Crippen LogP contribution >= 0.6 is 0 Å². The fraction of sp³-hybridized carbons (Fsp3) is 0.500. The lowest BCUT2D eigenvalue weighted by molar-refractivity contribution is -0.137. The van der Waals surface area contributed by atoms with Gasteiger partial charge in [-0.3, -0.25) is 4.79 Å². The normalized spacial score (nSPS) is 13.2. The lowest BCUT2D eigenvalue weighted by atomic mass is 10.1. The van der Waals surface area contributed by atoms with E-state index in [2.05, 4.69) is 10.6 Å². The summed E-state index contributed by atoms with van der Waals surface area (Å²) in [6.45, 7) is 4.38. The Morgan fingerprint density at radius 1 is 1.04 bits per heavy atom. The molecular weight excluding hydrogens is 356 g/mol. The van der Waals surface area contributed by atoms with E-state index in [9.17, 15) is 19.5 Å². The predicted molar refractivity (Wildman–Crippen MR) is 96.0 cm³/mol. The molecule has 150 valence electrons. The molecule has 9 heteroatoms. The highest BCUT2D eigenvalue weighted by atomic mass is 16.6. The average molecular weight is 382 g/mol. The van der Waals surface area contributed by atoms with Crippen LogP contribution in [-0.4, -0.2) is 52.7 Å². The quantitative estimate of drug-likeness (QED) is 0.537. The van der Waals surface area contributed by atoms with E-state index in [1.165, 1.54) is 0 Å². The highest BCUT2D eigenvalue weighted by Crippen LogP contribution is 2.09. The Morgan fingerprint density at radius 3 is 2.15 bits per heavy atom. The van der Waals surface area contributed by atoms with Crippen molar-refractivity contribution in [3.05, 3.63) is 35.9 Å². The monoisotopic (exact) mass is 382 g/mol. The van der Waals surface area contributed by atoms with E-state index in [0.29, 0.717) is 0 Å². The van der Waals surface area contributed by atoms with Gasteiger partial charge in [-0.2, -0.15) is 0 Å². The number of alkyl carbamates (subject to hydrolysis) is 2. The van der Waals surface area contributed by atoms with Gasteiger partial charge in [-0.05, 0) is 26.3 Å². The Bertz CT molecular complexity index is 628. The minimum absolute atomic E-state index is 0.00422. The van der Waals surface area contributed by atoms with Gasteiger partial charge in [0.05, 0.1) is 25.1 Å². The fourth-order valence-corrected chi connectivity index (χ4v) is 2.13. The van der Waals surface area contributed by atoms with Crippen molar-refractivity contribution >= 4 is 18.2 Å². The fourth-order valence-electron chi connectivity index (χ4n) is 2.13.